The Bertz CT molecular complexity index is 656. The Labute approximate surface area is 159 Å². The molecule has 27 heavy (non-hydrogen) atoms. The molecule has 0 spiro atoms. The summed E-state index contributed by atoms with van der Waals surface area (Å²) in [7, 11) is 1.65. The molecule has 7 nitrogen and oxygen atoms in total. The molecule has 0 radical (unpaired) electrons. The average Bonchev–Trinajstić information content (AvgIpc) is 2.71. The third kappa shape index (κ3) is 5.35. The van der Waals surface area contributed by atoms with Crippen molar-refractivity contribution in [3.8, 4) is 11.5 Å². The third-order valence-electron chi connectivity index (χ3n) is 5.10. The van der Waals surface area contributed by atoms with Gasteiger partial charge in [0.05, 0.1) is 0 Å². The van der Waals surface area contributed by atoms with Crippen molar-refractivity contribution in [1.82, 2.24) is 5.32 Å². The highest BCUT2D eigenvalue weighted by atomic mass is 16.6. The summed E-state index contributed by atoms with van der Waals surface area (Å²) in [5, 5.41) is 5.92. The molecule has 0 bridgehead atoms. The number of anilines is 1. The van der Waals surface area contributed by atoms with Crippen molar-refractivity contribution in [2.24, 2.45) is 11.8 Å². The van der Waals surface area contributed by atoms with Crippen LogP contribution in [-0.2, 0) is 14.3 Å². The van der Waals surface area contributed by atoms with E-state index in [2.05, 4.69) is 10.6 Å². The van der Waals surface area contributed by atoms with E-state index in [4.69, 9.17) is 14.2 Å². The van der Waals surface area contributed by atoms with Crippen LogP contribution in [0.4, 0.5) is 5.69 Å². The second kappa shape index (κ2) is 9.60. The molecule has 2 amide bonds. The number of carbonyl (C=O) groups excluding carboxylic acids is 2. The summed E-state index contributed by atoms with van der Waals surface area (Å²) in [4.78, 5) is 24.7. The van der Waals surface area contributed by atoms with Gasteiger partial charge >= 0.3 is 0 Å². The van der Waals surface area contributed by atoms with Crippen LogP contribution in [0.15, 0.2) is 18.2 Å². The molecule has 148 valence electrons. The number of rotatable bonds is 7. The van der Waals surface area contributed by atoms with Crippen molar-refractivity contribution in [3.05, 3.63) is 18.2 Å². The highest BCUT2D eigenvalue weighted by molar-refractivity contribution is 5.93. The van der Waals surface area contributed by atoms with Crippen LogP contribution in [0, 0.1) is 11.8 Å². The lowest BCUT2D eigenvalue weighted by atomic mass is 9.81. The highest BCUT2D eigenvalue weighted by Gasteiger charge is 2.30. The molecule has 0 unspecified atom stereocenters. The van der Waals surface area contributed by atoms with Crippen LogP contribution >= 0.6 is 0 Å². The van der Waals surface area contributed by atoms with E-state index in [1.807, 2.05) is 12.1 Å². The van der Waals surface area contributed by atoms with Crippen LogP contribution in [-0.4, -0.2) is 45.3 Å². The lowest BCUT2D eigenvalue weighted by molar-refractivity contribution is -0.128. The average molecular weight is 376 g/mol. The Morgan fingerprint density at radius 1 is 1.04 bits per heavy atom. The van der Waals surface area contributed by atoms with Crippen molar-refractivity contribution in [3.63, 3.8) is 0 Å². The van der Waals surface area contributed by atoms with Crippen LogP contribution in [0.5, 0.6) is 11.5 Å². The maximum atomic E-state index is 12.6. The van der Waals surface area contributed by atoms with Gasteiger partial charge in [0, 0.05) is 43.9 Å². The monoisotopic (exact) mass is 376 g/mol. The third-order valence-corrected chi connectivity index (χ3v) is 5.10. The topological polar surface area (TPSA) is 85.9 Å². The smallest absolute Gasteiger partial charge is 0.227 e. The maximum Gasteiger partial charge on any atom is 0.227 e. The molecule has 1 aromatic rings. The normalized spacial score (nSPS) is 21.4. The molecule has 1 heterocycles. The molecule has 7 heteroatoms. The van der Waals surface area contributed by atoms with Gasteiger partial charge in [-0.05, 0) is 44.2 Å². The van der Waals surface area contributed by atoms with Crippen LogP contribution in [0.2, 0.25) is 0 Å². The van der Waals surface area contributed by atoms with E-state index >= 15 is 0 Å². The Balaban J connectivity index is 1.44. The zero-order valence-electron chi connectivity index (χ0n) is 15.8. The number of fused-ring (bicyclic) bond motifs is 1. The minimum atomic E-state index is -0.0595. The molecular weight excluding hydrogens is 348 g/mol. The van der Waals surface area contributed by atoms with Crippen LogP contribution in [0.1, 0.15) is 32.1 Å². The van der Waals surface area contributed by atoms with E-state index in [1.54, 1.807) is 13.2 Å². The predicted octanol–water partition coefficient (Wildman–Crippen LogP) is 2.36. The Morgan fingerprint density at radius 3 is 2.41 bits per heavy atom. The number of methoxy groups -OCH3 is 1. The molecule has 2 N–H and O–H groups in total. The molecule has 0 saturated heterocycles. The number of hydrogen-bond donors (Lipinski definition) is 2. The number of carbonyl (C=O) groups is 2. The van der Waals surface area contributed by atoms with Gasteiger partial charge in [-0.15, -0.1) is 0 Å². The van der Waals surface area contributed by atoms with Crippen LogP contribution < -0.4 is 20.1 Å². The molecule has 1 fully saturated rings. The fourth-order valence-corrected chi connectivity index (χ4v) is 3.56. The first-order chi connectivity index (χ1) is 13.2. The fourth-order valence-electron chi connectivity index (χ4n) is 3.56. The summed E-state index contributed by atoms with van der Waals surface area (Å²) in [5.74, 6) is 1.41. The van der Waals surface area contributed by atoms with E-state index in [0.717, 1.165) is 32.1 Å². The summed E-state index contributed by atoms with van der Waals surface area (Å²) >= 11 is 0. The zero-order chi connectivity index (χ0) is 19.1. The number of amides is 2. The largest absolute Gasteiger partial charge is 0.486 e. The summed E-state index contributed by atoms with van der Waals surface area (Å²) < 4.78 is 16.0. The lowest BCUT2D eigenvalue weighted by Gasteiger charge is -2.27. The van der Waals surface area contributed by atoms with Gasteiger partial charge in [-0.1, -0.05) is 0 Å². The molecule has 1 aliphatic heterocycles. The standard InChI is InChI=1S/C20H28N2O5/c1-25-10-2-9-21-19(23)14-3-5-15(6-4-14)20(24)22-16-7-8-17-18(13-16)27-12-11-26-17/h7-8,13-15H,2-6,9-12H2,1H3,(H,21,23)(H,22,24). The van der Waals surface area contributed by atoms with Crippen molar-refractivity contribution in [2.75, 3.05) is 38.8 Å². The van der Waals surface area contributed by atoms with Gasteiger partial charge in [-0.3, -0.25) is 9.59 Å². The molecule has 0 aromatic heterocycles. The van der Waals surface area contributed by atoms with Crippen molar-refractivity contribution in [2.45, 2.75) is 32.1 Å². The fraction of sp³-hybridized carbons (Fsp3) is 0.600. The van der Waals surface area contributed by atoms with Gasteiger partial charge in [-0.2, -0.15) is 0 Å². The first-order valence-corrected chi connectivity index (χ1v) is 9.64. The number of benzene rings is 1. The summed E-state index contributed by atoms with van der Waals surface area (Å²) in [6.07, 6.45) is 3.76. The Morgan fingerprint density at radius 2 is 1.70 bits per heavy atom. The minimum Gasteiger partial charge on any atom is -0.486 e. The first-order valence-electron chi connectivity index (χ1n) is 9.64. The molecule has 2 aliphatic rings. The summed E-state index contributed by atoms with van der Waals surface area (Å²) in [6.45, 7) is 2.34. The van der Waals surface area contributed by atoms with Gasteiger partial charge in [0.2, 0.25) is 11.8 Å². The quantitative estimate of drug-likeness (QED) is 0.714. The number of nitrogens with one attached hydrogen (secondary N) is 2. The molecule has 1 saturated carbocycles. The van der Waals surface area contributed by atoms with Crippen LogP contribution in [0.25, 0.3) is 0 Å². The van der Waals surface area contributed by atoms with Crippen molar-refractivity contribution < 1.29 is 23.8 Å². The van der Waals surface area contributed by atoms with Gasteiger partial charge < -0.3 is 24.8 Å². The second-order valence-electron chi connectivity index (χ2n) is 7.03. The maximum absolute atomic E-state index is 12.6. The van der Waals surface area contributed by atoms with E-state index in [1.165, 1.54) is 0 Å². The Kier molecular flexibility index (Phi) is 6.92. The van der Waals surface area contributed by atoms with Gasteiger partial charge in [0.1, 0.15) is 13.2 Å². The lowest BCUT2D eigenvalue weighted by Crippen LogP contribution is -2.36. The molecular formula is C20H28N2O5. The summed E-state index contributed by atoms with van der Waals surface area (Å²) in [6, 6.07) is 5.44. The van der Waals surface area contributed by atoms with E-state index in [0.29, 0.717) is 43.6 Å². The van der Waals surface area contributed by atoms with E-state index < -0.39 is 0 Å². The van der Waals surface area contributed by atoms with Gasteiger partial charge in [0.15, 0.2) is 11.5 Å². The van der Waals surface area contributed by atoms with Gasteiger partial charge in [0.25, 0.3) is 0 Å². The van der Waals surface area contributed by atoms with Gasteiger partial charge in [-0.25, -0.2) is 0 Å². The van der Waals surface area contributed by atoms with E-state index in [-0.39, 0.29) is 23.7 Å². The number of hydrogen-bond acceptors (Lipinski definition) is 5. The predicted molar refractivity (Wildman–Crippen MR) is 101 cm³/mol. The van der Waals surface area contributed by atoms with Crippen molar-refractivity contribution >= 4 is 17.5 Å². The Hall–Kier alpha value is -2.28. The molecule has 0 atom stereocenters. The molecule has 1 aromatic carbocycles. The highest BCUT2D eigenvalue weighted by Crippen LogP contribution is 2.34. The van der Waals surface area contributed by atoms with E-state index in [9.17, 15) is 9.59 Å². The van der Waals surface area contributed by atoms with Crippen molar-refractivity contribution in [1.29, 1.82) is 0 Å². The SMILES string of the molecule is COCCCNC(=O)C1CCC(C(=O)Nc2ccc3c(c2)OCCO3)CC1. The zero-order valence-corrected chi connectivity index (χ0v) is 15.8. The molecule has 3 rings (SSSR count). The molecule has 1 aliphatic carbocycles. The number of ether oxygens (including phenoxy) is 3. The van der Waals surface area contributed by atoms with Crippen LogP contribution in [0.3, 0.4) is 0 Å². The first kappa shape index (κ1) is 19.5. The second-order valence-corrected chi connectivity index (χ2v) is 7.03. The summed E-state index contributed by atoms with van der Waals surface area (Å²) in [5.41, 5.74) is 0.710. The minimum absolute atomic E-state index is 0.00521.